The van der Waals surface area contributed by atoms with Crippen molar-refractivity contribution in [3.63, 3.8) is 0 Å². The fourth-order valence-corrected chi connectivity index (χ4v) is 3.70. The van der Waals surface area contributed by atoms with E-state index < -0.39 is 11.6 Å². The molecular formula is C24H27FN4O4. The number of rotatable bonds is 4. The van der Waals surface area contributed by atoms with E-state index in [1.807, 2.05) is 32.9 Å². The van der Waals surface area contributed by atoms with Crippen molar-refractivity contribution in [1.29, 1.82) is 0 Å². The van der Waals surface area contributed by atoms with Crippen molar-refractivity contribution in [3.8, 4) is 11.5 Å². The zero-order valence-corrected chi connectivity index (χ0v) is 19.1. The van der Waals surface area contributed by atoms with Crippen LogP contribution in [0.3, 0.4) is 0 Å². The SMILES string of the molecule is CN(CC(=O)N1N=C(c2ccc(F)cc2)C[C@@H]1c1ccc2c(c1)OCO2)C(=O)NC(C)(C)C. The summed E-state index contributed by atoms with van der Waals surface area (Å²) in [7, 11) is 1.56. The Balaban J connectivity index is 1.59. The lowest BCUT2D eigenvalue weighted by Gasteiger charge is -2.28. The van der Waals surface area contributed by atoms with E-state index >= 15 is 0 Å². The number of amides is 3. The summed E-state index contributed by atoms with van der Waals surface area (Å²) >= 11 is 0. The summed E-state index contributed by atoms with van der Waals surface area (Å²) in [5.41, 5.74) is 1.80. The molecule has 2 aliphatic heterocycles. The van der Waals surface area contributed by atoms with Crippen LogP contribution in [0.15, 0.2) is 47.6 Å². The number of hydrogen-bond donors (Lipinski definition) is 1. The van der Waals surface area contributed by atoms with Crippen molar-refractivity contribution in [2.45, 2.75) is 38.8 Å². The quantitative estimate of drug-likeness (QED) is 0.764. The number of hydrogen-bond acceptors (Lipinski definition) is 5. The molecule has 33 heavy (non-hydrogen) atoms. The summed E-state index contributed by atoms with van der Waals surface area (Å²) in [4.78, 5) is 27.0. The third-order valence-corrected chi connectivity index (χ3v) is 5.33. The highest BCUT2D eigenvalue weighted by Gasteiger charge is 2.35. The lowest BCUT2D eigenvalue weighted by Crippen LogP contribution is -2.49. The molecule has 2 aromatic rings. The molecule has 0 saturated heterocycles. The molecule has 9 heteroatoms. The summed E-state index contributed by atoms with van der Waals surface area (Å²) in [5.74, 6) is 0.579. The van der Waals surface area contributed by atoms with Gasteiger partial charge in [-0.25, -0.2) is 14.2 Å². The molecular weight excluding hydrogens is 427 g/mol. The third-order valence-electron chi connectivity index (χ3n) is 5.33. The van der Waals surface area contributed by atoms with Crippen LogP contribution in [-0.4, -0.2) is 53.5 Å². The molecule has 1 atom stereocenters. The number of halogens is 1. The summed E-state index contributed by atoms with van der Waals surface area (Å²) in [6, 6.07) is 10.8. The first-order valence-corrected chi connectivity index (χ1v) is 10.7. The second kappa shape index (κ2) is 8.73. The Labute approximate surface area is 192 Å². The van der Waals surface area contributed by atoms with Crippen LogP contribution in [0.2, 0.25) is 0 Å². The van der Waals surface area contributed by atoms with Crippen LogP contribution < -0.4 is 14.8 Å². The molecule has 3 amide bonds. The number of carbonyl (C=O) groups excluding carboxylic acids is 2. The molecule has 0 bridgehead atoms. The smallest absolute Gasteiger partial charge is 0.318 e. The lowest BCUT2D eigenvalue weighted by molar-refractivity contribution is -0.133. The van der Waals surface area contributed by atoms with Gasteiger partial charge in [0.1, 0.15) is 12.4 Å². The maximum absolute atomic E-state index is 13.4. The molecule has 0 aromatic heterocycles. The Bertz CT molecular complexity index is 1090. The fourth-order valence-electron chi connectivity index (χ4n) is 3.70. The summed E-state index contributed by atoms with van der Waals surface area (Å²) in [5, 5.41) is 8.81. The maximum Gasteiger partial charge on any atom is 0.318 e. The molecule has 0 radical (unpaired) electrons. The highest BCUT2D eigenvalue weighted by Crippen LogP contribution is 2.39. The monoisotopic (exact) mass is 454 g/mol. The van der Waals surface area contributed by atoms with Gasteiger partial charge in [-0.1, -0.05) is 18.2 Å². The molecule has 0 unspecified atom stereocenters. The van der Waals surface area contributed by atoms with Crippen molar-refractivity contribution < 1.29 is 23.5 Å². The zero-order valence-electron chi connectivity index (χ0n) is 19.1. The highest BCUT2D eigenvalue weighted by atomic mass is 19.1. The number of hydrazone groups is 1. The maximum atomic E-state index is 13.4. The predicted molar refractivity (Wildman–Crippen MR) is 121 cm³/mol. The van der Waals surface area contributed by atoms with Gasteiger partial charge in [0.15, 0.2) is 11.5 Å². The number of ether oxygens (including phenoxy) is 2. The summed E-state index contributed by atoms with van der Waals surface area (Å²) in [6.45, 7) is 5.61. The minimum absolute atomic E-state index is 0.150. The van der Waals surface area contributed by atoms with Gasteiger partial charge in [0.2, 0.25) is 6.79 Å². The number of likely N-dealkylation sites (N-methyl/N-ethyl adjacent to an activating group) is 1. The number of nitrogens with one attached hydrogen (secondary N) is 1. The first-order valence-electron chi connectivity index (χ1n) is 10.7. The van der Waals surface area contributed by atoms with Gasteiger partial charge in [-0.15, -0.1) is 0 Å². The molecule has 0 aliphatic carbocycles. The minimum atomic E-state index is -0.426. The standard InChI is InChI=1S/C24H27FN4O4/c1-24(2,3)26-23(31)28(4)13-22(30)29-19(16-7-10-20-21(11-16)33-14-32-20)12-18(27-29)15-5-8-17(25)9-6-15/h5-11,19H,12-14H2,1-4H3,(H,26,31)/t19-/m1/s1. The van der Waals surface area contributed by atoms with E-state index in [4.69, 9.17) is 9.47 Å². The Hall–Kier alpha value is -3.62. The Morgan fingerprint density at radius 3 is 2.55 bits per heavy atom. The van der Waals surface area contributed by atoms with Gasteiger partial charge < -0.3 is 19.7 Å². The van der Waals surface area contributed by atoms with Crippen molar-refractivity contribution >= 4 is 17.6 Å². The molecule has 1 N–H and O–H groups in total. The molecule has 2 aliphatic rings. The molecule has 2 heterocycles. The molecule has 0 spiro atoms. The summed E-state index contributed by atoms with van der Waals surface area (Å²) < 4.78 is 24.3. The van der Waals surface area contributed by atoms with Gasteiger partial charge in [-0.3, -0.25) is 4.79 Å². The Kier molecular flexibility index (Phi) is 5.97. The Morgan fingerprint density at radius 2 is 1.85 bits per heavy atom. The highest BCUT2D eigenvalue weighted by molar-refractivity contribution is 6.03. The van der Waals surface area contributed by atoms with Crippen LogP contribution in [0.4, 0.5) is 9.18 Å². The number of fused-ring (bicyclic) bond motifs is 1. The van der Waals surface area contributed by atoms with E-state index in [1.54, 1.807) is 25.2 Å². The van der Waals surface area contributed by atoms with Crippen molar-refractivity contribution in [2.24, 2.45) is 5.10 Å². The topological polar surface area (TPSA) is 83.5 Å². The Morgan fingerprint density at radius 1 is 1.15 bits per heavy atom. The molecule has 174 valence electrons. The van der Waals surface area contributed by atoms with Gasteiger partial charge in [0.25, 0.3) is 5.91 Å². The van der Waals surface area contributed by atoms with Crippen molar-refractivity contribution in [3.05, 3.63) is 59.4 Å². The largest absolute Gasteiger partial charge is 0.454 e. The lowest BCUT2D eigenvalue weighted by atomic mass is 9.98. The van der Waals surface area contributed by atoms with E-state index in [2.05, 4.69) is 10.4 Å². The molecule has 0 saturated carbocycles. The van der Waals surface area contributed by atoms with Crippen LogP contribution in [0.1, 0.15) is 44.4 Å². The number of urea groups is 1. The molecule has 4 rings (SSSR count). The molecule has 2 aromatic carbocycles. The average Bonchev–Trinajstić information content (AvgIpc) is 3.39. The van der Waals surface area contributed by atoms with Gasteiger partial charge in [0.05, 0.1) is 11.8 Å². The normalized spacial score (nSPS) is 17.1. The third kappa shape index (κ3) is 5.08. The minimum Gasteiger partial charge on any atom is -0.454 e. The first kappa shape index (κ1) is 22.6. The summed E-state index contributed by atoms with van der Waals surface area (Å²) in [6.07, 6.45) is 0.439. The van der Waals surface area contributed by atoms with E-state index in [0.717, 1.165) is 11.1 Å². The second-order valence-electron chi connectivity index (χ2n) is 9.16. The number of benzene rings is 2. The average molecular weight is 455 g/mol. The number of carbonyl (C=O) groups is 2. The second-order valence-corrected chi connectivity index (χ2v) is 9.16. The van der Waals surface area contributed by atoms with E-state index in [1.165, 1.54) is 22.0 Å². The van der Waals surface area contributed by atoms with E-state index in [-0.39, 0.29) is 31.1 Å². The fraction of sp³-hybridized carbons (Fsp3) is 0.375. The van der Waals surface area contributed by atoms with Gasteiger partial charge >= 0.3 is 6.03 Å². The van der Waals surface area contributed by atoms with Crippen LogP contribution in [0.25, 0.3) is 0 Å². The van der Waals surface area contributed by atoms with E-state index in [9.17, 15) is 14.0 Å². The predicted octanol–water partition coefficient (Wildman–Crippen LogP) is 3.67. The van der Waals surface area contributed by atoms with Gasteiger partial charge in [0, 0.05) is 19.0 Å². The molecule has 0 fully saturated rings. The van der Waals surface area contributed by atoms with Gasteiger partial charge in [-0.05, 0) is 56.2 Å². The van der Waals surface area contributed by atoms with Crippen LogP contribution in [0.5, 0.6) is 11.5 Å². The van der Waals surface area contributed by atoms with Crippen LogP contribution in [-0.2, 0) is 4.79 Å². The van der Waals surface area contributed by atoms with Crippen LogP contribution >= 0.6 is 0 Å². The van der Waals surface area contributed by atoms with Gasteiger partial charge in [-0.2, -0.15) is 5.10 Å². The molecule has 8 nitrogen and oxygen atoms in total. The first-order chi connectivity index (χ1) is 15.6. The van der Waals surface area contributed by atoms with Crippen LogP contribution in [0, 0.1) is 5.82 Å². The zero-order chi connectivity index (χ0) is 23.8. The van der Waals surface area contributed by atoms with E-state index in [0.29, 0.717) is 23.6 Å². The van der Waals surface area contributed by atoms with Crippen molar-refractivity contribution in [1.82, 2.24) is 15.2 Å². The number of nitrogens with zero attached hydrogens (tertiary/aromatic N) is 3. The van der Waals surface area contributed by atoms with Crippen molar-refractivity contribution in [2.75, 3.05) is 20.4 Å².